The largest absolute Gasteiger partial charge is 0.362 e. The van der Waals surface area contributed by atoms with Gasteiger partial charge < -0.3 is 21.3 Å². The Hall–Kier alpha value is -1.60. The molecule has 0 amide bonds. The summed E-state index contributed by atoms with van der Waals surface area (Å²) >= 11 is 23.6. The Morgan fingerprint density at radius 1 is 0.875 bits per heavy atom. The summed E-state index contributed by atoms with van der Waals surface area (Å²) in [6, 6.07) is 15.4. The minimum atomic E-state index is 0.0473. The summed E-state index contributed by atoms with van der Waals surface area (Å²) in [6.45, 7) is 7.68. The Kier molecular flexibility index (Phi) is 8.26. The molecule has 0 aliphatic heterocycles. The first-order valence-electron chi connectivity index (χ1n) is 10.7. The van der Waals surface area contributed by atoms with Gasteiger partial charge in [-0.2, -0.15) is 0 Å². The Morgan fingerprint density at radius 2 is 1.41 bits per heavy atom. The molecule has 1 saturated carbocycles. The Bertz CT molecular complexity index is 982. The van der Waals surface area contributed by atoms with Crippen LogP contribution in [0.5, 0.6) is 0 Å². The van der Waals surface area contributed by atoms with E-state index in [1.165, 1.54) is 0 Å². The fraction of sp³-hybridized carbons (Fsp3) is 0.417. The Balaban J connectivity index is 1.58. The summed E-state index contributed by atoms with van der Waals surface area (Å²) in [7, 11) is 0. The van der Waals surface area contributed by atoms with E-state index in [2.05, 4.69) is 42.0 Å². The molecule has 1 aliphatic rings. The van der Waals surface area contributed by atoms with Gasteiger partial charge in [0.15, 0.2) is 10.2 Å². The third-order valence-corrected chi connectivity index (χ3v) is 6.82. The maximum Gasteiger partial charge on any atom is 0.171 e. The van der Waals surface area contributed by atoms with Crippen molar-refractivity contribution in [3.63, 3.8) is 0 Å². The minimum absolute atomic E-state index is 0.0473. The molecule has 8 heteroatoms. The van der Waals surface area contributed by atoms with Crippen molar-refractivity contribution in [2.24, 2.45) is 10.8 Å². The number of benzene rings is 2. The zero-order chi connectivity index (χ0) is 23.4. The highest BCUT2D eigenvalue weighted by atomic mass is 35.5. The zero-order valence-corrected chi connectivity index (χ0v) is 21.7. The molecular formula is C24H30Cl2N4S2. The molecule has 2 atom stereocenters. The van der Waals surface area contributed by atoms with Crippen molar-refractivity contribution in [1.29, 1.82) is 0 Å². The van der Waals surface area contributed by atoms with Gasteiger partial charge in [-0.05, 0) is 78.8 Å². The predicted molar refractivity (Wildman–Crippen MR) is 146 cm³/mol. The third-order valence-electron chi connectivity index (χ3n) is 5.70. The summed E-state index contributed by atoms with van der Waals surface area (Å²) in [6.07, 6.45) is 3.10. The van der Waals surface area contributed by atoms with Gasteiger partial charge in [0.1, 0.15) is 0 Å². The van der Waals surface area contributed by atoms with Gasteiger partial charge in [-0.25, -0.2) is 0 Å². The molecule has 0 radical (unpaired) electrons. The molecule has 0 unspecified atom stereocenters. The van der Waals surface area contributed by atoms with E-state index >= 15 is 0 Å². The first-order chi connectivity index (χ1) is 15.1. The van der Waals surface area contributed by atoms with Crippen molar-refractivity contribution in [2.45, 2.75) is 46.1 Å². The van der Waals surface area contributed by atoms with Gasteiger partial charge >= 0.3 is 0 Å². The number of halogens is 2. The van der Waals surface area contributed by atoms with E-state index in [0.717, 1.165) is 37.2 Å². The molecule has 0 aromatic heterocycles. The third kappa shape index (κ3) is 7.20. The van der Waals surface area contributed by atoms with E-state index in [1.807, 2.05) is 48.5 Å². The predicted octanol–water partition coefficient (Wildman–Crippen LogP) is 6.85. The van der Waals surface area contributed by atoms with E-state index in [9.17, 15) is 0 Å². The van der Waals surface area contributed by atoms with Crippen LogP contribution in [0.15, 0.2) is 48.5 Å². The van der Waals surface area contributed by atoms with Crippen LogP contribution in [-0.2, 0) is 0 Å². The molecule has 3 rings (SSSR count). The number of hydrogen-bond donors (Lipinski definition) is 4. The number of para-hydroxylation sites is 2. The SMILES string of the molecule is CC1(C)C[C@@H](NC(=S)Nc2ccccc2Cl)C[C@](C)(CNC(=S)Nc2ccccc2Cl)C1. The number of anilines is 2. The van der Waals surface area contributed by atoms with Gasteiger partial charge in [0, 0.05) is 12.6 Å². The number of nitrogens with one attached hydrogen (secondary N) is 4. The van der Waals surface area contributed by atoms with Crippen LogP contribution >= 0.6 is 47.6 Å². The van der Waals surface area contributed by atoms with Crippen LogP contribution in [0.3, 0.4) is 0 Å². The molecule has 0 saturated heterocycles. The van der Waals surface area contributed by atoms with Crippen LogP contribution in [-0.4, -0.2) is 22.8 Å². The van der Waals surface area contributed by atoms with Gasteiger partial charge in [0.25, 0.3) is 0 Å². The number of hydrogen-bond acceptors (Lipinski definition) is 2. The summed E-state index contributed by atoms with van der Waals surface area (Å²) in [5.74, 6) is 0. The lowest BCUT2D eigenvalue weighted by Gasteiger charge is -2.47. The molecule has 1 fully saturated rings. The monoisotopic (exact) mass is 508 g/mol. The molecular weight excluding hydrogens is 479 g/mol. The second-order valence-corrected chi connectivity index (χ2v) is 11.3. The fourth-order valence-electron chi connectivity index (χ4n) is 4.80. The van der Waals surface area contributed by atoms with E-state index in [1.54, 1.807) is 0 Å². The molecule has 0 spiro atoms. The van der Waals surface area contributed by atoms with E-state index in [-0.39, 0.29) is 16.9 Å². The van der Waals surface area contributed by atoms with Crippen molar-refractivity contribution in [2.75, 3.05) is 17.2 Å². The second-order valence-electron chi connectivity index (χ2n) is 9.62. The summed E-state index contributed by atoms with van der Waals surface area (Å²) in [5, 5.41) is 15.8. The van der Waals surface area contributed by atoms with E-state index in [4.69, 9.17) is 47.6 Å². The van der Waals surface area contributed by atoms with Crippen LogP contribution in [0.25, 0.3) is 0 Å². The van der Waals surface area contributed by atoms with Crippen molar-refractivity contribution in [3.05, 3.63) is 58.6 Å². The lowest BCUT2D eigenvalue weighted by molar-refractivity contribution is 0.0807. The number of rotatable bonds is 5. The average molecular weight is 510 g/mol. The summed E-state index contributed by atoms with van der Waals surface area (Å²) in [4.78, 5) is 0. The zero-order valence-electron chi connectivity index (χ0n) is 18.6. The number of thiocarbonyl (C=S) groups is 2. The molecule has 4 nitrogen and oxygen atoms in total. The van der Waals surface area contributed by atoms with Crippen molar-refractivity contribution >= 4 is 69.2 Å². The summed E-state index contributed by atoms with van der Waals surface area (Å²) < 4.78 is 0. The Morgan fingerprint density at radius 3 is 1.97 bits per heavy atom. The van der Waals surface area contributed by atoms with Crippen molar-refractivity contribution in [3.8, 4) is 0 Å². The smallest absolute Gasteiger partial charge is 0.171 e. The van der Waals surface area contributed by atoms with Gasteiger partial charge in [0.2, 0.25) is 0 Å². The van der Waals surface area contributed by atoms with Gasteiger partial charge in [0.05, 0.1) is 21.4 Å². The Labute approximate surface area is 211 Å². The fourth-order valence-corrected chi connectivity index (χ4v) is 5.62. The average Bonchev–Trinajstić information content (AvgIpc) is 2.68. The molecule has 172 valence electrons. The first-order valence-corrected chi connectivity index (χ1v) is 12.2. The normalized spacial score (nSPS) is 22.0. The molecule has 0 bridgehead atoms. The molecule has 0 heterocycles. The minimum Gasteiger partial charge on any atom is -0.362 e. The van der Waals surface area contributed by atoms with Crippen LogP contribution in [0, 0.1) is 10.8 Å². The highest BCUT2D eigenvalue weighted by molar-refractivity contribution is 7.80. The van der Waals surface area contributed by atoms with Crippen molar-refractivity contribution in [1.82, 2.24) is 10.6 Å². The molecule has 32 heavy (non-hydrogen) atoms. The molecule has 2 aromatic carbocycles. The molecule has 4 N–H and O–H groups in total. The summed E-state index contributed by atoms with van der Waals surface area (Å²) in [5.41, 5.74) is 1.83. The van der Waals surface area contributed by atoms with Gasteiger partial charge in [-0.1, -0.05) is 68.2 Å². The van der Waals surface area contributed by atoms with E-state index in [0.29, 0.717) is 20.3 Å². The van der Waals surface area contributed by atoms with Crippen LogP contribution in [0.2, 0.25) is 10.0 Å². The van der Waals surface area contributed by atoms with Crippen LogP contribution in [0.4, 0.5) is 11.4 Å². The van der Waals surface area contributed by atoms with E-state index < -0.39 is 0 Å². The lowest BCUT2D eigenvalue weighted by atomic mass is 9.62. The van der Waals surface area contributed by atoms with Gasteiger partial charge in [-0.15, -0.1) is 0 Å². The lowest BCUT2D eigenvalue weighted by Crippen LogP contribution is -2.51. The maximum absolute atomic E-state index is 6.26. The molecule has 2 aromatic rings. The van der Waals surface area contributed by atoms with Gasteiger partial charge in [-0.3, -0.25) is 0 Å². The second kappa shape index (κ2) is 10.6. The first kappa shape index (κ1) is 25.0. The standard InChI is InChI=1S/C24H30Cl2N4S2/c1-23(2)12-16(28-22(32)30-20-11-7-5-9-18(20)26)13-24(3,14-23)15-27-21(31)29-19-10-6-4-8-17(19)25/h4-11,16H,12-15H2,1-3H3,(H2,27,29,31)(H2,28,30,32)/t16-,24+/m1/s1. The quantitative estimate of drug-likeness (QED) is 0.331. The molecule has 1 aliphatic carbocycles. The topological polar surface area (TPSA) is 48.1 Å². The van der Waals surface area contributed by atoms with Crippen LogP contribution < -0.4 is 21.3 Å². The highest BCUT2D eigenvalue weighted by Gasteiger charge is 2.41. The van der Waals surface area contributed by atoms with Crippen LogP contribution in [0.1, 0.15) is 40.0 Å². The maximum atomic E-state index is 6.26. The highest BCUT2D eigenvalue weighted by Crippen LogP contribution is 2.45. The van der Waals surface area contributed by atoms with Crippen molar-refractivity contribution < 1.29 is 0 Å².